The van der Waals surface area contributed by atoms with Gasteiger partial charge in [0.05, 0.1) is 11.3 Å². The van der Waals surface area contributed by atoms with Crippen molar-refractivity contribution in [2.45, 2.75) is 11.8 Å². The van der Waals surface area contributed by atoms with Crippen molar-refractivity contribution in [3.8, 4) is 5.75 Å². The summed E-state index contributed by atoms with van der Waals surface area (Å²) in [6.07, 6.45) is 0.255. The summed E-state index contributed by atoms with van der Waals surface area (Å²) in [7, 11) is 0. The van der Waals surface area contributed by atoms with E-state index >= 15 is 0 Å². The van der Waals surface area contributed by atoms with E-state index in [9.17, 15) is 15.0 Å². The van der Waals surface area contributed by atoms with Gasteiger partial charge in [0.25, 0.3) is 0 Å². The SMILES string of the molecule is O=C(O)C(Cc1ccc(O)cc1)C(c1ccccc1)(c1ccccc1)c1ccccc1Cl. The number of aliphatic carboxylic acids is 1. The van der Waals surface area contributed by atoms with Gasteiger partial charge in [0.1, 0.15) is 5.75 Å². The Bertz CT molecular complexity index is 1150. The van der Waals surface area contributed by atoms with Gasteiger partial charge in [0, 0.05) is 5.02 Å². The number of benzene rings is 4. The molecular formula is C28H23ClO3. The van der Waals surface area contributed by atoms with Crippen LogP contribution in [0.2, 0.25) is 5.02 Å². The van der Waals surface area contributed by atoms with E-state index in [1.54, 1.807) is 30.3 Å². The van der Waals surface area contributed by atoms with Gasteiger partial charge < -0.3 is 10.2 Å². The van der Waals surface area contributed by atoms with E-state index in [-0.39, 0.29) is 12.2 Å². The van der Waals surface area contributed by atoms with Crippen molar-refractivity contribution in [3.05, 3.63) is 136 Å². The third-order valence-corrected chi connectivity index (χ3v) is 6.28. The molecule has 0 heterocycles. The van der Waals surface area contributed by atoms with Crippen LogP contribution in [0.3, 0.4) is 0 Å². The van der Waals surface area contributed by atoms with Crippen LogP contribution < -0.4 is 0 Å². The van der Waals surface area contributed by atoms with Crippen molar-refractivity contribution in [1.82, 2.24) is 0 Å². The molecule has 0 spiro atoms. The van der Waals surface area contributed by atoms with E-state index in [0.29, 0.717) is 5.02 Å². The van der Waals surface area contributed by atoms with E-state index in [1.165, 1.54) is 0 Å². The second kappa shape index (κ2) is 9.29. The molecule has 2 N–H and O–H groups in total. The fourth-order valence-electron chi connectivity index (χ4n) is 4.54. The Morgan fingerprint density at radius 3 is 1.75 bits per heavy atom. The van der Waals surface area contributed by atoms with E-state index in [0.717, 1.165) is 22.3 Å². The summed E-state index contributed by atoms with van der Waals surface area (Å²) < 4.78 is 0. The number of hydrogen-bond donors (Lipinski definition) is 2. The molecule has 4 heteroatoms. The Hall–Kier alpha value is -3.56. The Kier molecular flexibility index (Phi) is 6.29. The van der Waals surface area contributed by atoms with Gasteiger partial charge in [-0.15, -0.1) is 0 Å². The average molecular weight is 443 g/mol. The molecule has 32 heavy (non-hydrogen) atoms. The van der Waals surface area contributed by atoms with Crippen LogP contribution in [0.5, 0.6) is 5.75 Å². The summed E-state index contributed by atoms with van der Waals surface area (Å²) >= 11 is 6.75. The summed E-state index contributed by atoms with van der Waals surface area (Å²) in [4.78, 5) is 13.0. The maximum atomic E-state index is 13.0. The predicted octanol–water partition coefficient (Wildman–Crippen LogP) is 6.32. The molecule has 3 nitrogen and oxygen atoms in total. The van der Waals surface area contributed by atoms with Crippen molar-refractivity contribution in [2.75, 3.05) is 0 Å². The van der Waals surface area contributed by atoms with Crippen molar-refractivity contribution in [3.63, 3.8) is 0 Å². The number of carboxylic acid groups (broad SMARTS) is 1. The molecule has 4 rings (SSSR count). The quantitative estimate of drug-likeness (QED) is 0.329. The Morgan fingerprint density at radius 1 is 0.750 bits per heavy atom. The monoisotopic (exact) mass is 442 g/mol. The third-order valence-electron chi connectivity index (χ3n) is 5.95. The molecule has 0 radical (unpaired) electrons. The summed E-state index contributed by atoms with van der Waals surface area (Å²) in [6, 6.07) is 33.5. The predicted molar refractivity (Wildman–Crippen MR) is 127 cm³/mol. The Morgan fingerprint density at radius 2 is 1.25 bits per heavy atom. The van der Waals surface area contributed by atoms with Crippen molar-refractivity contribution in [1.29, 1.82) is 0 Å². The highest BCUT2D eigenvalue weighted by molar-refractivity contribution is 6.31. The van der Waals surface area contributed by atoms with Crippen molar-refractivity contribution < 1.29 is 15.0 Å². The lowest BCUT2D eigenvalue weighted by atomic mass is 9.60. The Balaban J connectivity index is 2.06. The maximum Gasteiger partial charge on any atom is 0.308 e. The topological polar surface area (TPSA) is 57.5 Å². The van der Waals surface area contributed by atoms with Crippen LogP contribution in [0.1, 0.15) is 22.3 Å². The number of phenolic OH excluding ortho intramolecular Hbond substituents is 1. The van der Waals surface area contributed by atoms with Crippen LogP contribution in [-0.4, -0.2) is 16.2 Å². The summed E-state index contributed by atoms with van der Waals surface area (Å²) in [6.45, 7) is 0. The molecule has 0 bridgehead atoms. The standard InChI is InChI=1S/C28H23ClO3/c29-26-14-8-7-13-24(26)28(21-9-3-1-4-10-21,22-11-5-2-6-12-22)25(27(31)32)19-20-15-17-23(30)18-16-20/h1-18,25,30H,19H2,(H,31,32). The van der Waals surface area contributed by atoms with Crippen LogP contribution in [0, 0.1) is 5.92 Å². The molecule has 0 saturated carbocycles. The van der Waals surface area contributed by atoms with Crippen molar-refractivity contribution in [2.24, 2.45) is 5.92 Å². The van der Waals surface area contributed by atoms with Gasteiger partial charge in [-0.3, -0.25) is 4.79 Å². The minimum Gasteiger partial charge on any atom is -0.508 e. The summed E-state index contributed by atoms with van der Waals surface area (Å²) in [5.74, 6) is -1.65. The van der Waals surface area contributed by atoms with E-state index in [1.807, 2.05) is 78.9 Å². The number of rotatable bonds is 7. The molecule has 1 atom stereocenters. The zero-order valence-corrected chi connectivity index (χ0v) is 18.1. The second-order valence-corrected chi connectivity index (χ2v) is 8.19. The first kappa shape index (κ1) is 21.7. The normalized spacial score (nSPS) is 12.3. The first-order chi connectivity index (χ1) is 15.5. The minimum absolute atomic E-state index is 0.143. The highest BCUT2D eigenvalue weighted by atomic mass is 35.5. The van der Waals surface area contributed by atoms with Crippen molar-refractivity contribution >= 4 is 17.6 Å². The third kappa shape index (κ3) is 4.00. The lowest BCUT2D eigenvalue weighted by Crippen LogP contribution is -2.43. The van der Waals surface area contributed by atoms with Crippen LogP contribution >= 0.6 is 11.6 Å². The largest absolute Gasteiger partial charge is 0.508 e. The maximum absolute atomic E-state index is 13.0. The first-order valence-electron chi connectivity index (χ1n) is 10.4. The van der Waals surface area contributed by atoms with Gasteiger partial charge in [0.2, 0.25) is 0 Å². The minimum atomic E-state index is -1.04. The van der Waals surface area contributed by atoms with Crippen LogP contribution in [0.4, 0.5) is 0 Å². The van der Waals surface area contributed by atoms with E-state index in [4.69, 9.17) is 11.6 Å². The molecular weight excluding hydrogens is 420 g/mol. The van der Waals surface area contributed by atoms with Gasteiger partial charge in [-0.1, -0.05) is 103 Å². The number of carbonyl (C=O) groups is 1. The van der Waals surface area contributed by atoms with Gasteiger partial charge in [0.15, 0.2) is 0 Å². The van der Waals surface area contributed by atoms with E-state index < -0.39 is 17.3 Å². The molecule has 0 saturated heterocycles. The van der Waals surface area contributed by atoms with Gasteiger partial charge in [-0.2, -0.15) is 0 Å². The number of aromatic hydroxyl groups is 1. The Labute approximate surface area is 192 Å². The summed E-state index contributed by atoms with van der Waals surface area (Å²) in [5.41, 5.74) is 2.23. The highest BCUT2D eigenvalue weighted by Crippen LogP contribution is 2.49. The van der Waals surface area contributed by atoms with Crippen LogP contribution in [0.15, 0.2) is 109 Å². The van der Waals surface area contributed by atoms with Crippen LogP contribution in [-0.2, 0) is 16.6 Å². The average Bonchev–Trinajstić information content (AvgIpc) is 2.82. The van der Waals surface area contributed by atoms with Gasteiger partial charge >= 0.3 is 5.97 Å². The molecule has 4 aromatic carbocycles. The lowest BCUT2D eigenvalue weighted by Gasteiger charge is -2.41. The molecule has 0 fully saturated rings. The molecule has 0 aliphatic rings. The smallest absolute Gasteiger partial charge is 0.308 e. The molecule has 4 aromatic rings. The molecule has 160 valence electrons. The molecule has 1 unspecified atom stereocenters. The van der Waals surface area contributed by atoms with Crippen LogP contribution in [0.25, 0.3) is 0 Å². The zero-order chi connectivity index (χ0) is 22.6. The molecule has 0 amide bonds. The number of hydrogen-bond acceptors (Lipinski definition) is 2. The fourth-order valence-corrected chi connectivity index (χ4v) is 4.83. The molecule has 0 aromatic heterocycles. The second-order valence-electron chi connectivity index (χ2n) is 7.78. The first-order valence-corrected chi connectivity index (χ1v) is 10.8. The molecule has 0 aliphatic heterocycles. The highest BCUT2D eigenvalue weighted by Gasteiger charge is 2.48. The zero-order valence-electron chi connectivity index (χ0n) is 17.4. The number of phenols is 1. The fraction of sp³-hybridized carbons (Fsp3) is 0.107. The van der Waals surface area contributed by atoms with Gasteiger partial charge in [-0.05, 0) is 46.9 Å². The van der Waals surface area contributed by atoms with E-state index in [2.05, 4.69) is 0 Å². The number of carboxylic acids is 1. The lowest BCUT2D eigenvalue weighted by molar-refractivity contribution is -0.143. The number of halogens is 1. The molecule has 0 aliphatic carbocycles. The summed E-state index contributed by atoms with van der Waals surface area (Å²) in [5, 5.41) is 20.8. The van der Waals surface area contributed by atoms with Gasteiger partial charge in [-0.25, -0.2) is 0 Å².